The predicted octanol–water partition coefficient (Wildman–Crippen LogP) is 1.32. The number of carbonyl (C=O) groups is 2. The van der Waals surface area contributed by atoms with Crippen LogP contribution in [0.25, 0.3) is 0 Å². The molecule has 13 heteroatoms. The third-order valence-corrected chi connectivity index (χ3v) is 4.16. The molecule has 0 aliphatic rings. The quantitative estimate of drug-likeness (QED) is 0.328. The predicted molar refractivity (Wildman–Crippen MR) is 108 cm³/mol. The fraction of sp³-hybridized carbons (Fsp3) is 0.278. The highest BCUT2D eigenvalue weighted by Crippen LogP contribution is 2.28. The highest BCUT2D eigenvalue weighted by molar-refractivity contribution is 6.31. The van der Waals surface area contributed by atoms with Gasteiger partial charge in [-0.1, -0.05) is 17.7 Å². The molecule has 0 saturated carbocycles. The molecule has 0 saturated heterocycles. The molecule has 0 fully saturated rings. The van der Waals surface area contributed by atoms with Gasteiger partial charge in [0.25, 0.3) is 5.91 Å². The zero-order chi connectivity index (χ0) is 23.0. The number of hydrogen-bond acceptors (Lipinski definition) is 5. The van der Waals surface area contributed by atoms with Gasteiger partial charge >= 0.3 is 5.92 Å². The maximum atomic E-state index is 14.7. The van der Waals surface area contributed by atoms with E-state index < -0.39 is 54.0 Å². The number of nitrogens with zero attached hydrogens (tertiary/aromatic N) is 3. The zero-order valence-corrected chi connectivity index (χ0v) is 16.8. The van der Waals surface area contributed by atoms with Crippen LogP contribution in [-0.2, 0) is 21.9 Å². The number of nitrogens with one attached hydrogen (secondary N) is 2. The van der Waals surface area contributed by atoms with Crippen molar-refractivity contribution in [2.45, 2.75) is 18.8 Å². The molecule has 2 aromatic rings. The summed E-state index contributed by atoms with van der Waals surface area (Å²) in [7, 11) is 0. The molecular weight excluding hydrogens is 439 g/mol. The summed E-state index contributed by atoms with van der Waals surface area (Å²) >= 11 is 5.91. The second-order valence-electron chi connectivity index (χ2n) is 6.23. The van der Waals surface area contributed by atoms with Gasteiger partial charge in [-0.05, 0) is 12.1 Å². The van der Waals surface area contributed by atoms with Gasteiger partial charge in [-0.25, -0.2) is 9.37 Å². The van der Waals surface area contributed by atoms with E-state index in [-0.39, 0.29) is 23.6 Å². The highest BCUT2D eigenvalue weighted by atomic mass is 35.5. The van der Waals surface area contributed by atoms with Crippen molar-refractivity contribution in [3.63, 3.8) is 0 Å². The van der Waals surface area contributed by atoms with Crippen LogP contribution < -0.4 is 22.1 Å². The van der Waals surface area contributed by atoms with Crippen molar-refractivity contribution in [2.24, 2.45) is 16.5 Å². The minimum Gasteiger partial charge on any atom is -0.370 e. The number of aliphatic imine (C=N–C) groups is 1. The average molecular weight is 458 g/mol. The molecule has 2 aromatic heterocycles. The Balaban J connectivity index is 2.01. The topological polar surface area (TPSA) is 148 Å². The van der Waals surface area contributed by atoms with Gasteiger partial charge in [-0.15, -0.1) is 0 Å². The maximum Gasteiger partial charge on any atom is 0.306 e. The number of rotatable bonds is 9. The van der Waals surface area contributed by atoms with Crippen molar-refractivity contribution in [3.05, 3.63) is 52.7 Å². The molecule has 2 amide bonds. The summed E-state index contributed by atoms with van der Waals surface area (Å²) in [4.78, 5) is 33.9. The lowest BCUT2D eigenvalue weighted by molar-refractivity contribution is -0.120. The number of aromatic nitrogens is 2. The van der Waals surface area contributed by atoms with Crippen molar-refractivity contribution in [3.8, 4) is 0 Å². The molecule has 0 radical (unpaired) electrons. The van der Waals surface area contributed by atoms with E-state index in [1.54, 1.807) is 0 Å². The molecule has 0 aliphatic heterocycles. The van der Waals surface area contributed by atoms with Gasteiger partial charge in [0.2, 0.25) is 5.91 Å². The Morgan fingerprint density at radius 1 is 1.23 bits per heavy atom. The maximum absolute atomic E-state index is 14.7. The van der Waals surface area contributed by atoms with Crippen molar-refractivity contribution in [1.82, 2.24) is 15.3 Å². The minimum atomic E-state index is -3.39. The van der Waals surface area contributed by atoms with Gasteiger partial charge in [0, 0.05) is 30.9 Å². The molecule has 6 N–H and O–H groups in total. The number of hydrogen-bond donors (Lipinski definition) is 4. The first-order valence-corrected chi connectivity index (χ1v) is 9.23. The average Bonchev–Trinajstić information content (AvgIpc) is 2.70. The van der Waals surface area contributed by atoms with Gasteiger partial charge in [0.1, 0.15) is 5.69 Å². The summed E-state index contributed by atoms with van der Waals surface area (Å²) in [6.45, 7) is -1.08. The van der Waals surface area contributed by atoms with E-state index in [4.69, 9.17) is 23.1 Å². The SMILES string of the molecule is NC(N)=NC(=O)CCNC(=O)Cc1c(Cl)cnc(NCC(F)(F)c2ccccn2)c1F. The van der Waals surface area contributed by atoms with Gasteiger partial charge in [-0.2, -0.15) is 13.8 Å². The molecule has 0 atom stereocenters. The molecule has 0 aliphatic carbocycles. The molecular formula is C18H19ClF3N7O2. The standard InChI is InChI=1S/C18H19ClF3N7O2/c19-11-8-27-16(28-9-18(21,22)12-3-1-2-5-25-12)15(20)10(11)7-14(31)26-6-4-13(30)29-17(23)24/h1-3,5,8H,4,6-7,9H2,(H,26,31)(H,27,28)(H4,23,24,29,30). The van der Waals surface area contributed by atoms with Crippen LogP contribution in [0.2, 0.25) is 5.02 Å². The van der Waals surface area contributed by atoms with Gasteiger partial charge in [0.05, 0.1) is 18.0 Å². The van der Waals surface area contributed by atoms with E-state index in [0.717, 1.165) is 12.3 Å². The smallest absolute Gasteiger partial charge is 0.306 e. The van der Waals surface area contributed by atoms with E-state index in [9.17, 15) is 22.8 Å². The lowest BCUT2D eigenvalue weighted by Gasteiger charge is -2.17. The Morgan fingerprint density at radius 2 is 1.97 bits per heavy atom. The summed E-state index contributed by atoms with van der Waals surface area (Å²) in [5.41, 5.74) is 9.38. The van der Waals surface area contributed by atoms with E-state index in [1.165, 1.54) is 18.3 Å². The van der Waals surface area contributed by atoms with E-state index >= 15 is 0 Å². The minimum absolute atomic E-state index is 0.0970. The lowest BCUT2D eigenvalue weighted by Crippen LogP contribution is -2.29. The Labute approximate surface area is 180 Å². The van der Waals surface area contributed by atoms with Crippen molar-refractivity contribution >= 4 is 35.2 Å². The molecule has 31 heavy (non-hydrogen) atoms. The first kappa shape index (κ1) is 23.9. The van der Waals surface area contributed by atoms with Crippen LogP contribution in [0.1, 0.15) is 17.7 Å². The van der Waals surface area contributed by atoms with Gasteiger partial charge in [0.15, 0.2) is 17.6 Å². The summed E-state index contributed by atoms with van der Waals surface area (Å²) in [6.07, 6.45) is 1.57. The number of amides is 2. The van der Waals surface area contributed by atoms with E-state index in [0.29, 0.717) is 0 Å². The number of halogens is 4. The fourth-order valence-electron chi connectivity index (χ4n) is 2.39. The van der Waals surface area contributed by atoms with Crippen LogP contribution in [-0.4, -0.2) is 40.8 Å². The largest absolute Gasteiger partial charge is 0.370 e. The Hall–Kier alpha value is -3.41. The lowest BCUT2D eigenvalue weighted by atomic mass is 10.1. The second kappa shape index (κ2) is 10.6. The normalized spacial score (nSPS) is 11.0. The monoisotopic (exact) mass is 457 g/mol. The number of carbonyl (C=O) groups excluding carboxylic acids is 2. The number of anilines is 1. The van der Waals surface area contributed by atoms with Crippen molar-refractivity contribution < 1.29 is 22.8 Å². The Bertz CT molecular complexity index is 970. The summed E-state index contributed by atoms with van der Waals surface area (Å²) in [5.74, 6) is -6.64. The van der Waals surface area contributed by atoms with Crippen LogP contribution in [0.3, 0.4) is 0 Å². The number of guanidine groups is 1. The van der Waals surface area contributed by atoms with E-state index in [1.807, 2.05) is 0 Å². The summed E-state index contributed by atoms with van der Waals surface area (Å²) in [6, 6.07) is 4.03. The van der Waals surface area contributed by atoms with Gasteiger partial charge < -0.3 is 22.1 Å². The molecule has 0 aromatic carbocycles. The van der Waals surface area contributed by atoms with Crippen LogP contribution in [0.5, 0.6) is 0 Å². The van der Waals surface area contributed by atoms with Crippen LogP contribution >= 0.6 is 11.6 Å². The molecule has 0 bridgehead atoms. The third-order valence-electron chi connectivity index (χ3n) is 3.84. The van der Waals surface area contributed by atoms with E-state index in [2.05, 4.69) is 25.6 Å². The molecule has 0 unspecified atom stereocenters. The first-order chi connectivity index (χ1) is 14.6. The molecule has 9 nitrogen and oxygen atoms in total. The number of pyridine rings is 2. The molecule has 2 heterocycles. The molecule has 0 spiro atoms. The zero-order valence-electron chi connectivity index (χ0n) is 16.0. The fourth-order valence-corrected chi connectivity index (χ4v) is 2.58. The summed E-state index contributed by atoms with van der Waals surface area (Å²) < 4.78 is 43.2. The number of nitrogens with two attached hydrogens (primary N) is 2. The first-order valence-electron chi connectivity index (χ1n) is 8.85. The number of alkyl halides is 2. The molecule has 2 rings (SSSR count). The van der Waals surface area contributed by atoms with Crippen LogP contribution in [0.4, 0.5) is 19.0 Å². The van der Waals surface area contributed by atoms with Crippen molar-refractivity contribution in [1.29, 1.82) is 0 Å². The molecule has 166 valence electrons. The summed E-state index contributed by atoms with van der Waals surface area (Å²) in [5, 5.41) is 4.44. The Kier molecular flexibility index (Phi) is 8.14. The van der Waals surface area contributed by atoms with Crippen LogP contribution in [0, 0.1) is 5.82 Å². The highest BCUT2D eigenvalue weighted by Gasteiger charge is 2.33. The van der Waals surface area contributed by atoms with Gasteiger partial charge in [-0.3, -0.25) is 14.6 Å². The van der Waals surface area contributed by atoms with Crippen LogP contribution in [0.15, 0.2) is 35.6 Å². The Morgan fingerprint density at radius 3 is 2.61 bits per heavy atom. The second-order valence-corrected chi connectivity index (χ2v) is 6.63. The van der Waals surface area contributed by atoms with Crippen molar-refractivity contribution in [2.75, 3.05) is 18.4 Å². The third kappa shape index (κ3) is 7.10.